The number of anilines is 4. The number of piperazine rings is 4. The standard InChI is InChI=1S/C33H48N4O2.C30H44N4O.C28H40N4.C23H31N3.C10H17NO3.ClH/c1-31(2,3)39-30(38)37-17-13-25(14-18-37)35-19-21-36(22-20-35)29-10-8-9-28(34-29)24-11-12-26-27(23-24)33(6,7)16-15-32(26,4)5;1-29(2)12-13-30(3,4)26-22-23(8-9-25(26)29)27-6-5-7-28(31-27)34-18-16-33(17-19-34)24-10-14-32(15-11-24)20-21-35;1-27(2)12-13-28(3,4)24-20-21(8-9-23(24)27)25-6-5-7-26(30-25)32-18-16-31(17-19-32)22-10-14-29-15-11-22;1-22(2)10-11-23(3,4)19-16-17(8-9-18(19)22)20-6-5-7-21(25-20)26-14-12-24-13-15-26;1-10(2,3)14-9(13)11-6-4-8(12)5-7-11;/h8-12,23,25H,13-22H2,1-7H3;5-9,22,24,35H,10-21H2,1-4H3;5-9,20,22,29H,10-19H2,1-4H3;5-9,16,24H,10-15H2,1-4H3;4-7H2,1-3H3;1H. The molecule has 4 aliphatic carbocycles. The lowest BCUT2D eigenvalue weighted by molar-refractivity contribution is -0.121. The minimum Gasteiger partial charge on any atom is -0.444 e. The van der Waals surface area contributed by atoms with Crippen LogP contribution >= 0.6 is 12.4 Å². The second kappa shape index (κ2) is 46.6. The number of aromatic nitrogens is 4. The molecule has 20 rings (SSSR count). The number of pyridine rings is 4. The minimum absolute atomic E-state index is 0. The molecule has 4 aromatic carbocycles. The first-order valence-electron chi connectivity index (χ1n) is 56.1. The first-order valence-corrected chi connectivity index (χ1v) is 56.1. The Morgan fingerprint density at radius 2 is 0.571 bits per heavy atom. The summed E-state index contributed by atoms with van der Waals surface area (Å²) in [7, 11) is 0. The number of ether oxygens (including phenoxy) is 2. The molecule has 0 bridgehead atoms. The van der Waals surface area contributed by atoms with Crippen molar-refractivity contribution in [2.75, 3.05) is 190 Å². The van der Waals surface area contributed by atoms with Gasteiger partial charge >= 0.3 is 12.2 Å². The number of aliphatic hydroxyl groups excluding tert-OH is 1. The Labute approximate surface area is 889 Å². The van der Waals surface area contributed by atoms with Crippen molar-refractivity contribution < 1.29 is 29.0 Å². The highest BCUT2D eigenvalue weighted by Gasteiger charge is 2.44. The molecule has 12 aliphatic rings. The molecule has 0 saturated carbocycles. The van der Waals surface area contributed by atoms with Gasteiger partial charge in [-0.15, -0.1) is 12.4 Å². The molecule has 23 heteroatoms. The third kappa shape index (κ3) is 27.7. The van der Waals surface area contributed by atoms with Gasteiger partial charge in [0, 0.05) is 191 Å². The zero-order valence-corrected chi connectivity index (χ0v) is 94.8. The summed E-state index contributed by atoms with van der Waals surface area (Å²) in [6.45, 7) is 74.6. The molecule has 800 valence electrons. The van der Waals surface area contributed by atoms with E-state index in [-0.39, 0.29) is 80.3 Å². The Bertz CT molecular complexity index is 5750. The van der Waals surface area contributed by atoms with E-state index in [9.17, 15) is 19.5 Å². The zero-order valence-electron chi connectivity index (χ0n) is 93.9. The molecule has 4 aromatic heterocycles. The summed E-state index contributed by atoms with van der Waals surface area (Å²) in [6.07, 6.45) is 17.4. The SMILES string of the molecule is CC(C)(C)OC(=O)N1CCC(=O)CC1.CC(C)(C)OC(=O)N1CCC(N2CCN(c3cccc(-c4ccc5c(c4)C(C)(C)CCC5(C)C)n3)CC2)CC1.CC1(C)CCC(C)(C)c2cc(-c3cccc(N4CCN(C5CCN(CCO)CC5)CC4)n3)ccc21.CC1(C)CCC(C)(C)c2cc(-c3cccc(N4CCN(C5CCNCC5)CC4)n3)ccc21.CC1(C)CCC(C)(C)c2cc(-c3cccc(N4CCNCC4)n3)ccc21.Cl. The van der Waals surface area contributed by atoms with E-state index in [0.717, 1.165) is 202 Å². The first-order chi connectivity index (χ1) is 69.2. The van der Waals surface area contributed by atoms with E-state index in [1.807, 2.05) is 46.4 Å². The van der Waals surface area contributed by atoms with Crippen molar-refractivity contribution in [3.8, 4) is 45.0 Å². The van der Waals surface area contributed by atoms with Gasteiger partial charge in [-0.2, -0.15) is 0 Å². The van der Waals surface area contributed by atoms with Crippen LogP contribution in [0.5, 0.6) is 0 Å². The second-order valence-corrected chi connectivity index (χ2v) is 51.4. The van der Waals surface area contributed by atoms with E-state index in [2.05, 4.69) is 306 Å². The average molecular weight is 2030 g/mol. The summed E-state index contributed by atoms with van der Waals surface area (Å²) >= 11 is 0. The van der Waals surface area contributed by atoms with Gasteiger partial charge in [-0.1, -0.05) is 184 Å². The quantitative estimate of drug-likeness (QED) is 0.0984. The van der Waals surface area contributed by atoms with E-state index in [0.29, 0.717) is 38.0 Å². The van der Waals surface area contributed by atoms with Crippen LogP contribution in [-0.2, 0) is 57.6 Å². The summed E-state index contributed by atoms with van der Waals surface area (Å²) in [5.74, 6) is 4.64. The molecule has 8 saturated heterocycles. The van der Waals surface area contributed by atoms with Crippen molar-refractivity contribution in [1.29, 1.82) is 0 Å². The average Bonchev–Trinajstić information content (AvgIpc) is 0.760. The molecule has 12 heterocycles. The number of halogens is 1. The number of ketones is 1. The minimum atomic E-state index is -0.460. The lowest BCUT2D eigenvalue weighted by Crippen LogP contribution is -2.54. The normalized spacial score (nSPS) is 22.0. The summed E-state index contributed by atoms with van der Waals surface area (Å²) < 4.78 is 10.8. The Balaban J connectivity index is 0.000000141. The van der Waals surface area contributed by atoms with Gasteiger partial charge < -0.3 is 59.5 Å². The van der Waals surface area contributed by atoms with Gasteiger partial charge in [-0.3, -0.25) is 19.5 Å². The highest BCUT2D eigenvalue weighted by atomic mass is 35.5. The van der Waals surface area contributed by atoms with Gasteiger partial charge in [0.1, 0.15) is 40.3 Å². The molecule has 8 fully saturated rings. The lowest BCUT2D eigenvalue weighted by atomic mass is 9.63. The Hall–Kier alpha value is -9.10. The number of carbonyl (C=O) groups excluding carboxylic acids is 3. The maximum absolute atomic E-state index is 12.4. The fourth-order valence-corrected chi connectivity index (χ4v) is 24.7. The molecule has 8 aliphatic heterocycles. The number of hydrogen-bond acceptors (Lipinski definition) is 20. The maximum Gasteiger partial charge on any atom is 0.410 e. The number of hydrogen-bond donors (Lipinski definition) is 3. The van der Waals surface area contributed by atoms with Gasteiger partial charge in [-0.05, 0) is 318 Å². The molecule has 22 nitrogen and oxygen atoms in total. The second-order valence-electron chi connectivity index (χ2n) is 51.4. The number of benzene rings is 4. The van der Waals surface area contributed by atoms with Crippen LogP contribution < -0.4 is 30.2 Å². The van der Waals surface area contributed by atoms with E-state index < -0.39 is 11.2 Å². The van der Waals surface area contributed by atoms with Crippen molar-refractivity contribution in [3.63, 3.8) is 0 Å². The van der Waals surface area contributed by atoms with Gasteiger partial charge in [0.2, 0.25) is 0 Å². The summed E-state index contributed by atoms with van der Waals surface area (Å²) in [4.78, 5) is 78.9. The third-order valence-corrected chi connectivity index (χ3v) is 34.8. The number of nitrogens with zero attached hydrogens (tertiary/aromatic N) is 14. The molecule has 8 aromatic rings. The fraction of sp³-hybridized carbons (Fsp3) is 0.621. The Kier molecular flexibility index (Phi) is 35.5. The van der Waals surface area contributed by atoms with Gasteiger partial charge in [0.05, 0.1) is 29.4 Å². The monoisotopic (exact) mass is 2030 g/mol. The van der Waals surface area contributed by atoms with Crippen molar-refractivity contribution in [2.24, 2.45) is 0 Å². The van der Waals surface area contributed by atoms with Crippen molar-refractivity contribution in [2.45, 2.75) is 328 Å². The summed E-state index contributed by atoms with van der Waals surface area (Å²) in [5.41, 5.74) is 22.3. The highest BCUT2D eigenvalue weighted by molar-refractivity contribution is 5.85. The van der Waals surface area contributed by atoms with E-state index in [4.69, 9.17) is 29.4 Å². The predicted octanol–water partition coefficient (Wildman–Crippen LogP) is 22.8. The van der Waals surface area contributed by atoms with Crippen molar-refractivity contribution >= 4 is 53.6 Å². The van der Waals surface area contributed by atoms with Gasteiger partial charge in [0.15, 0.2) is 0 Å². The zero-order chi connectivity index (χ0) is 104. The van der Waals surface area contributed by atoms with Crippen LogP contribution in [0.15, 0.2) is 146 Å². The molecule has 2 amide bonds. The van der Waals surface area contributed by atoms with Crippen LogP contribution in [0.2, 0.25) is 0 Å². The highest BCUT2D eigenvalue weighted by Crippen LogP contribution is 2.52. The Morgan fingerprint density at radius 3 is 0.850 bits per heavy atom. The molecule has 3 N–H and O–H groups in total. The Morgan fingerprint density at radius 1 is 0.320 bits per heavy atom. The molecule has 0 atom stereocenters. The van der Waals surface area contributed by atoms with Crippen LogP contribution in [0.25, 0.3) is 45.0 Å². The maximum atomic E-state index is 12.4. The van der Waals surface area contributed by atoms with Crippen molar-refractivity contribution in [1.82, 2.24) is 60.0 Å². The lowest BCUT2D eigenvalue weighted by Gasteiger charge is -2.43. The summed E-state index contributed by atoms with van der Waals surface area (Å²) in [5, 5.41) is 16.1. The number of fused-ring (bicyclic) bond motifs is 4. The van der Waals surface area contributed by atoms with Gasteiger partial charge in [-0.25, -0.2) is 29.5 Å². The van der Waals surface area contributed by atoms with Crippen LogP contribution in [0.4, 0.5) is 32.9 Å². The molecule has 0 spiro atoms. The largest absolute Gasteiger partial charge is 0.444 e. The number of carbonyl (C=O) groups is 3. The molecular weight excluding hydrogens is 1840 g/mol. The van der Waals surface area contributed by atoms with Crippen molar-refractivity contribution in [3.05, 3.63) is 190 Å². The number of nitrogens with one attached hydrogen (secondary N) is 2. The van der Waals surface area contributed by atoms with Crippen LogP contribution in [0.1, 0.15) is 300 Å². The predicted molar refractivity (Wildman–Crippen MR) is 609 cm³/mol. The molecule has 0 radical (unpaired) electrons. The number of aliphatic hydroxyl groups is 1. The number of piperidine rings is 4. The van der Waals surface area contributed by atoms with E-state index in [1.54, 1.807) is 4.90 Å². The number of Topliss-reactive ketones (excluding diaryl/α,β-unsaturated/α-hetero) is 1. The molecule has 0 unspecified atom stereocenters. The summed E-state index contributed by atoms with van der Waals surface area (Å²) in [6, 6.07) is 56.2. The van der Waals surface area contributed by atoms with E-state index in [1.165, 1.54) is 157 Å². The van der Waals surface area contributed by atoms with Crippen LogP contribution in [0, 0.1) is 0 Å². The van der Waals surface area contributed by atoms with E-state index >= 15 is 0 Å². The van der Waals surface area contributed by atoms with Crippen LogP contribution in [-0.4, -0.2) is 272 Å². The third-order valence-electron chi connectivity index (χ3n) is 34.8. The molecular formula is C124H181ClN16O6. The van der Waals surface area contributed by atoms with Gasteiger partial charge in [0.25, 0.3) is 0 Å². The first kappa shape index (κ1) is 112. The number of rotatable bonds is 13. The topological polar surface area (TPSA) is 198 Å². The molecule has 147 heavy (non-hydrogen) atoms. The number of likely N-dealkylation sites (tertiary alicyclic amines) is 3. The van der Waals surface area contributed by atoms with Crippen LogP contribution in [0.3, 0.4) is 0 Å². The fourth-order valence-electron chi connectivity index (χ4n) is 24.7. The number of β-amino-alcohol motifs (C(OH)–C–C–N with tert-alkyl or cyclic N) is 1. The smallest absolute Gasteiger partial charge is 0.410 e. The number of amides is 2.